The monoisotopic (exact) mass is 341 g/mol. The van der Waals surface area contributed by atoms with Crippen molar-refractivity contribution in [1.29, 1.82) is 0 Å². The van der Waals surface area contributed by atoms with E-state index in [4.69, 9.17) is 0 Å². The SMILES string of the molecule is Cc1ncccc1NC(=O)C(=O)N(Cc1ccccc1F)C1CCC1. The van der Waals surface area contributed by atoms with Gasteiger partial charge in [-0.2, -0.15) is 0 Å². The molecule has 1 aliphatic carbocycles. The van der Waals surface area contributed by atoms with Crippen LogP contribution in [0.5, 0.6) is 0 Å². The van der Waals surface area contributed by atoms with Crippen LogP contribution in [0.3, 0.4) is 0 Å². The van der Waals surface area contributed by atoms with Crippen LogP contribution in [0, 0.1) is 12.7 Å². The van der Waals surface area contributed by atoms with Gasteiger partial charge in [-0.25, -0.2) is 4.39 Å². The van der Waals surface area contributed by atoms with Gasteiger partial charge in [-0.3, -0.25) is 14.6 Å². The number of hydrogen-bond donors (Lipinski definition) is 1. The average molecular weight is 341 g/mol. The molecule has 1 saturated carbocycles. The highest BCUT2D eigenvalue weighted by atomic mass is 19.1. The quantitative estimate of drug-likeness (QED) is 0.870. The number of hydrogen-bond acceptors (Lipinski definition) is 3. The third-order valence-electron chi connectivity index (χ3n) is 4.52. The Bertz CT molecular complexity index is 790. The third-order valence-corrected chi connectivity index (χ3v) is 4.52. The Balaban J connectivity index is 1.76. The fourth-order valence-corrected chi connectivity index (χ4v) is 2.80. The van der Waals surface area contributed by atoms with Crippen LogP contribution >= 0.6 is 0 Å². The molecule has 0 bridgehead atoms. The second-order valence-corrected chi connectivity index (χ2v) is 6.20. The highest BCUT2D eigenvalue weighted by Gasteiger charge is 2.33. The van der Waals surface area contributed by atoms with E-state index in [1.807, 2.05) is 0 Å². The summed E-state index contributed by atoms with van der Waals surface area (Å²) in [6.07, 6.45) is 4.29. The molecule has 1 heterocycles. The number of amides is 2. The maximum atomic E-state index is 14.0. The van der Waals surface area contributed by atoms with Crippen molar-refractivity contribution in [1.82, 2.24) is 9.88 Å². The summed E-state index contributed by atoms with van der Waals surface area (Å²) in [7, 11) is 0. The Hall–Kier alpha value is -2.76. The number of carbonyl (C=O) groups excluding carboxylic acids is 2. The van der Waals surface area contributed by atoms with Gasteiger partial charge in [-0.15, -0.1) is 0 Å². The van der Waals surface area contributed by atoms with Gasteiger partial charge in [0.25, 0.3) is 0 Å². The molecule has 0 unspecified atom stereocenters. The standard InChI is InChI=1S/C19H20FN3O2/c1-13-17(10-5-11-21-13)22-18(24)19(25)23(15-7-4-8-15)12-14-6-2-3-9-16(14)20/h2-3,5-6,9-11,15H,4,7-8,12H2,1H3,(H,22,24). The fraction of sp³-hybridized carbons (Fsp3) is 0.316. The predicted molar refractivity (Wildman–Crippen MR) is 92.2 cm³/mol. The maximum Gasteiger partial charge on any atom is 0.313 e. The van der Waals surface area contributed by atoms with Crippen molar-refractivity contribution < 1.29 is 14.0 Å². The number of aromatic nitrogens is 1. The first kappa shape index (κ1) is 17.1. The molecule has 2 aromatic rings. The molecule has 2 amide bonds. The Morgan fingerprint density at radius 3 is 2.64 bits per heavy atom. The van der Waals surface area contributed by atoms with Crippen molar-refractivity contribution in [2.75, 3.05) is 5.32 Å². The molecule has 3 rings (SSSR count). The molecule has 0 aliphatic heterocycles. The van der Waals surface area contributed by atoms with Crippen molar-refractivity contribution in [3.63, 3.8) is 0 Å². The lowest BCUT2D eigenvalue weighted by Crippen LogP contribution is -2.48. The molecule has 130 valence electrons. The van der Waals surface area contributed by atoms with Crippen molar-refractivity contribution in [2.24, 2.45) is 0 Å². The summed E-state index contributed by atoms with van der Waals surface area (Å²) < 4.78 is 14.0. The van der Waals surface area contributed by atoms with Gasteiger partial charge in [0, 0.05) is 24.3 Å². The Labute approximate surface area is 145 Å². The van der Waals surface area contributed by atoms with E-state index in [0.717, 1.165) is 19.3 Å². The van der Waals surface area contributed by atoms with E-state index in [9.17, 15) is 14.0 Å². The Morgan fingerprint density at radius 2 is 2.00 bits per heavy atom. The van der Waals surface area contributed by atoms with E-state index in [0.29, 0.717) is 16.9 Å². The van der Waals surface area contributed by atoms with Gasteiger partial charge in [-0.05, 0) is 44.4 Å². The summed E-state index contributed by atoms with van der Waals surface area (Å²) in [4.78, 5) is 30.6. The van der Waals surface area contributed by atoms with Gasteiger partial charge in [-0.1, -0.05) is 18.2 Å². The summed E-state index contributed by atoms with van der Waals surface area (Å²) in [6.45, 7) is 1.85. The van der Waals surface area contributed by atoms with Crippen LogP contribution in [0.25, 0.3) is 0 Å². The van der Waals surface area contributed by atoms with Gasteiger partial charge in [0.05, 0.1) is 11.4 Å². The highest BCUT2D eigenvalue weighted by molar-refractivity contribution is 6.39. The first-order valence-corrected chi connectivity index (χ1v) is 8.33. The predicted octanol–water partition coefficient (Wildman–Crippen LogP) is 3.05. The molecule has 0 radical (unpaired) electrons. The van der Waals surface area contributed by atoms with Crippen LogP contribution in [0.4, 0.5) is 10.1 Å². The van der Waals surface area contributed by atoms with Crippen LogP contribution in [0.15, 0.2) is 42.6 Å². The number of carbonyl (C=O) groups is 2. The smallest absolute Gasteiger partial charge is 0.313 e. The van der Waals surface area contributed by atoms with Gasteiger partial charge >= 0.3 is 11.8 Å². The summed E-state index contributed by atoms with van der Waals surface area (Å²) in [5, 5.41) is 2.61. The normalized spacial score (nSPS) is 13.8. The zero-order chi connectivity index (χ0) is 17.8. The van der Waals surface area contributed by atoms with Gasteiger partial charge < -0.3 is 10.2 Å². The summed E-state index contributed by atoms with van der Waals surface area (Å²) in [5.74, 6) is -1.74. The van der Waals surface area contributed by atoms with Crippen molar-refractivity contribution in [3.05, 3.63) is 59.7 Å². The van der Waals surface area contributed by atoms with E-state index >= 15 is 0 Å². The van der Waals surface area contributed by atoms with E-state index in [2.05, 4.69) is 10.3 Å². The van der Waals surface area contributed by atoms with E-state index < -0.39 is 11.8 Å². The van der Waals surface area contributed by atoms with Gasteiger partial charge in [0.2, 0.25) is 0 Å². The molecule has 25 heavy (non-hydrogen) atoms. The minimum absolute atomic E-state index is 0.0205. The number of halogens is 1. The molecule has 0 saturated heterocycles. The number of aryl methyl sites for hydroxylation is 1. The van der Waals surface area contributed by atoms with Crippen LogP contribution in [-0.2, 0) is 16.1 Å². The lowest BCUT2D eigenvalue weighted by Gasteiger charge is -2.37. The van der Waals surface area contributed by atoms with Crippen LogP contribution < -0.4 is 5.32 Å². The second-order valence-electron chi connectivity index (χ2n) is 6.20. The molecule has 0 spiro atoms. The Morgan fingerprint density at radius 1 is 1.24 bits per heavy atom. The molecule has 1 aliphatic rings. The zero-order valence-corrected chi connectivity index (χ0v) is 14.0. The van der Waals surface area contributed by atoms with Crippen LogP contribution in [0.2, 0.25) is 0 Å². The summed E-state index contributed by atoms with van der Waals surface area (Å²) in [6, 6.07) is 9.68. The number of benzene rings is 1. The minimum Gasteiger partial charge on any atom is -0.327 e. The minimum atomic E-state index is -0.723. The maximum absolute atomic E-state index is 14.0. The van der Waals surface area contributed by atoms with Crippen molar-refractivity contribution in [3.8, 4) is 0 Å². The number of rotatable bonds is 4. The highest BCUT2D eigenvalue weighted by Crippen LogP contribution is 2.27. The van der Waals surface area contributed by atoms with E-state index in [1.165, 1.54) is 11.0 Å². The van der Waals surface area contributed by atoms with Crippen LogP contribution in [-0.4, -0.2) is 27.7 Å². The number of nitrogens with one attached hydrogen (secondary N) is 1. The number of anilines is 1. The summed E-state index contributed by atoms with van der Waals surface area (Å²) in [5.41, 5.74) is 1.54. The molecule has 1 N–H and O–H groups in total. The molecule has 1 fully saturated rings. The third kappa shape index (κ3) is 3.84. The number of pyridine rings is 1. The number of nitrogens with zero attached hydrogens (tertiary/aromatic N) is 2. The molecule has 0 atom stereocenters. The van der Waals surface area contributed by atoms with Crippen molar-refractivity contribution in [2.45, 2.75) is 38.8 Å². The van der Waals surface area contributed by atoms with Gasteiger partial charge in [0.1, 0.15) is 5.82 Å². The zero-order valence-electron chi connectivity index (χ0n) is 14.0. The molecular weight excluding hydrogens is 321 g/mol. The first-order chi connectivity index (χ1) is 12.1. The van der Waals surface area contributed by atoms with E-state index in [1.54, 1.807) is 43.5 Å². The van der Waals surface area contributed by atoms with Crippen LogP contribution in [0.1, 0.15) is 30.5 Å². The summed E-state index contributed by atoms with van der Waals surface area (Å²) >= 11 is 0. The Kier molecular flexibility index (Phi) is 5.07. The fourth-order valence-electron chi connectivity index (χ4n) is 2.80. The largest absolute Gasteiger partial charge is 0.327 e. The van der Waals surface area contributed by atoms with E-state index in [-0.39, 0.29) is 18.4 Å². The molecular formula is C19H20FN3O2. The average Bonchev–Trinajstić information content (AvgIpc) is 2.56. The molecule has 6 heteroatoms. The topological polar surface area (TPSA) is 62.3 Å². The molecule has 1 aromatic heterocycles. The molecule has 5 nitrogen and oxygen atoms in total. The lowest BCUT2D eigenvalue weighted by molar-refractivity contribution is -0.146. The second kappa shape index (κ2) is 7.42. The van der Waals surface area contributed by atoms with Crippen molar-refractivity contribution >= 4 is 17.5 Å². The first-order valence-electron chi connectivity index (χ1n) is 8.33. The lowest BCUT2D eigenvalue weighted by atomic mass is 9.91. The molecule has 1 aromatic carbocycles. The van der Waals surface area contributed by atoms with Gasteiger partial charge in [0.15, 0.2) is 0 Å².